The van der Waals surface area contributed by atoms with Gasteiger partial charge in [-0.3, -0.25) is 5.32 Å². The molecule has 0 spiro atoms. The van der Waals surface area contributed by atoms with Crippen molar-refractivity contribution >= 4 is 30.1 Å². The summed E-state index contributed by atoms with van der Waals surface area (Å²) in [4.78, 5) is 11.5. The zero-order chi connectivity index (χ0) is 14.5. The summed E-state index contributed by atoms with van der Waals surface area (Å²) < 4.78 is 5.13. The third-order valence-electron chi connectivity index (χ3n) is 2.14. The average Bonchev–Trinajstić information content (AvgIpc) is 2.25. The van der Waals surface area contributed by atoms with Crippen LogP contribution in [0.2, 0.25) is 0 Å². The lowest BCUT2D eigenvalue weighted by molar-refractivity contribution is -0.447. The standard InChI is InChI=1S/C13H20N4O2.ClH/c1-13(2,3)19-12(18)16-8-9-4-6-10(7-5-9)17-11(14)15;/h4-7H,8H2,1-3H3,(H,16,18)(H4,14,15,17);1H/p+1. The van der Waals surface area contributed by atoms with E-state index in [-0.39, 0.29) is 18.4 Å². The number of rotatable bonds is 3. The number of hydrogen-bond donors (Lipinski definition) is 4. The number of carbonyl (C=O) groups excluding carboxylic acids is 1. The molecule has 0 unspecified atom stereocenters. The summed E-state index contributed by atoms with van der Waals surface area (Å²) in [6.07, 6.45) is -0.438. The third kappa shape index (κ3) is 7.60. The molecule has 0 radical (unpaired) electrons. The number of nitrogens with two attached hydrogens (primary N) is 2. The molecule has 1 rings (SSSR count). The minimum Gasteiger partial charge on any atom is -0.444 e. The van der Waals surface area contributed by atoms with Crippen molar-refractivity contribution in [2.75, 3.05) is 0 Å². The number of quaternary nitrogens is 1. The van der Waals surface area contributed by atoms with Crippen LogP contribution >= 0.6 is 12.4 Å². The summed E-state index contributed by atoms with van der Waals surface area (Å²) in [6.45, 7) is 5.85. The first-order chi connectivity index (χ1) is 8.76. The molecule has 6 N–H and O–H groups in total. The number of carbonyl (C=O) groups is 1. The number of alkyl carbamates (subject to hydrolysis) is 1. The molecular formula is C13H22ClN4O2+. The molecule has 0 saturated heterocycles. The third-order valence-corrected chi connectivity index (χ3v) is 2.14. The number of amides is 1. The fourth-order valence-corrected chi connectivity index (χ4v) is 1.40. The van der Waals surface area contributed by atoms with Gasteiger partial charge in [-0.1, -0.05) is 12.1 Å². The van der Waals surface area contributed by atoms with Crippen LogP contribution in [0.4, 0.5) is 10.5 Å². The summed E-state index contributed by atoms with van der Waals surface area (Å²) in [5.74, 6) is 0.0135. The van der Waals surface area contributed by atoms with E-state index in [2.05, 4.69) is 5.32 Å². The second-order valence-electron chi connectivity index (χ2n) is 5.20. The Kier molecular flexibility index (Phi) is 7.02. The normalized spacial score (nSPS) is 10.3. The number of benzene rings is 1. The monoisotopic (exact) mass is 301 g/mol. The van der Waals surface area contributed by atoms with Crippen LogP contribution in [0.3, 0.4) is 0 Å². The Bertz CT molecular complexity index is 454. The Balaban J connectivity index is 0.00000361. The average molecular weight is 302 g/mol. The maximum absolute atomic E-state index is 11.5. The highest BCUT2D eigenvalue weighted by atomic mass is 35.5. The van der Waals surface area contributed by atoms with E-state index in [1.165, 1.54) is 0 Å². The second-order valence-corrected chi connectivity index (χ2v) is 5.20. The maximum Gasteiger partial charge on any atom is 0.407 e. The minimum absolute atomic E-state index is 0. The smallest absolute Gasteiger partial charge is 0.407 e. The van der Waals surface area contributed by atoms with Crippen LogP contribution < -0.4 is 16.4 Å². The molecule has 0 fully saturated rings. The molecule has 20 heavy (non-hydrogen) atoms. The Labute approximate surface area is 125 Å². The van der Waals surface area contributed by atoms with E-state index in [4.69, 9.17) is 15.9 Å². The highest BCUT2D eigenvalue weighted by Crippen LogP contribution is 2.08. The lowest BCUT2D eigenvalue weighted by Gasteiger charge is -2.19. The molecule has 0 atom stereocenters. The lowest BCUT2D eigenvalue weighted by Crippen LogP contribution is -2.84. The van der Waals surface area contributed by atoms with Crippen LogP contribution in [-0.4, -0.2) is 17.7 Å². The molecule has 0 aliphatic rings. The van der Waals surface area contributed by atoms with Gasteiger partial charge in [0, 0.05) is 6.54 Å². The number of ether oxygens (including phenoxy) is 1. The lowest BCUT2D eigenvalue weighted by atomic mass is 10.2. The van der Waals surface area contributed by atoms with E-state index in [0.29, 0.717) is 6.54 Å². The van der Waals surface area contributed by atoms with E-state index in [1.807, 2.05) is 45.0 Å². The molecule has 0 heterocycles. The molecule has 1 aromatic carbocycles. The van der Waals surface area contributed by atoms with Crippen LogP contribution in [-0.2, 0) is 11.3 Å². The van der Waals surface area contributed by atoms with Gasteiger partial charge < -0.3 is 15.8 Å². The SMILES string of the molecule is CC(C)(C)OC(=O)NCc1ccc([NH2+]C(=N)N)cc1.Cl. The van der Waals surface area contributed by atoms with Crippen LogP contribution in [0.25, 0.3) is 0 Å². The van der Waals surface area contributed by atoms with Gasteiger partial charge in [0.1, 0.15) is 11.3 Å². The topological polar surface area (TPSA) is 105 Å². The Morgan fingerprint density at radius 2 is 1.90 bits per heavy atom. The first-order valence-corrected chi connectivity index (χ1v) is 6.01. The largest absolute Gasteiger partial charge is 0.444 e. The van der Waals surface area contributed by atoms with E-state index >= 15 is 0 Å². The van der Waals surface area contributed by atoms with Crippen molar-refractivity contribution in [3.8, 4) is 0 Å². The van der Waals surface area contributed by atoms with Crippen LogP contribution in [0, 0.1) is 5.41 Å². The van der Waals surface area contributed by atoms with Crippen LogP contribution in [0.5, 0.6) is 0 Å². The van der Waals surface area contributed by atoms with Gasteiger partial charge in [0.15, 0.2) is 0 Å². The van der Waals surface area contributed by atoms with Crippen molar-refractivity contribution in [2.24, 2.45) is 5.73 Å². The van der Waals surface area contributed by atoms with Gasteiger partial charge in [-0.15, -0.1) is 12.4 Å². The molecule has 0 saturated carbocycles. The second kappa shape index (κ2) is 7.72. The van der Waals surface area contributed by atoms with Crippen LogP contribution in [0.1, 0.15) is 26.3 Å². The predicted octanol–water partition coefficient (Wildman–Crippen LogP) is 1.22. The van der Waals surface area contributed by atoms with Crippen molar-refractivity contribution < 1.29 is 14.8 Å². The number of halogens is 1. The van der Waals surface area contributed by atoms with Crippen molar-refractivity contribution in [1.29, 1.82) is 5.41 Å². The Morgan fingerprint density at radius 3 is 2.35 bits per heavy atom. The molecule has 112 valence electrons. The van der Waals surface area contributed by atoms with E-state index in [9.17, 15) is 4.79 Å². The van der Waals surface area contributed by atoms with E-state index < -0.39 is 11.7 Å². The first-order valence-electron chi connectivity index (χ1n) is 6.01. The Hall–Kier alpha value is -1.79. The van der Waals surface area contributed by atoms with Gasteiger partial charge in [-0.05, 0) is 38.5 Å². The number of nitrogens with one attached hydrogen (secondary N) is 2. The summed E-state index contributed by atoms with van der Waals surface area (Å²) in [7, 11) is 0. The van der Waals surface area contributed by atoms with Crippen molar-refractivity contribution in [2.45, 2.75) is 32.9 Å². The highest BCUT2D eigenvalue weighted by molar-refractivity contribution is 5.85. The summed E-state index contributed by atoms with van der Waals surface area (Å²) in [5, 5.41) is 11.4. The summed E-state index contributed by atoms with van der Waals surface area (Å²) in [6, 6.07) is 7.42. The van der Waals surface area contributed by atoms with Crippen molar-refractivity contribution in [3.63, 3.8) is 0 Å². The molecule has 0 aliphatic carbocycles. The fourth-order valence-electron chi connectivity index (χ4n) is 1.40. The summed E-state index contributed by atoms with van der Waals surface area (Å²) in [5.41, 5.74) is 6.58. The Morgan fingerprint density at radius 1 is 1.35 bits per heavy atom. The molecule has 7 heteroatoms. The molecule has 0 aromatic heterocycles. The molecule has 1 amide bonds. The van der Waals surface area contributed by atoms with Gasteiger partial charge in [-0.25, -0.2) is 10.2 Å². The quantitative estimate of drug-likeness (QED) is 0.383. The minimum atomic E-state index is -0.496. The molecule has 1 aromatic rings. The first kappa shape index (κ1) is 18.2. The van der Waals surface area contributed by atoms with Gasteiger partial charge in [0.2, 0.25) is 0 Å². The van der Waals surface area contributed by atoms with E-state index in [1.54, 1.807) is 5.32 Å². The number of hydrogen-bond acceptors (Lipinski definition) is 3. The van der Waals surface area contributed by atoms with Crippen LogP contribution in [0.15, 0.2) is 24.3 Å². The summed E-state index contributed by atoms with van der Waals surface area (Å²) >= 11 is 0. The van der Waals surface area contributed by atoms with Gasteiger partial charge >= 0.3 is 6.09 Å². The number of guanidine groups is 1. The molecule has 0 aliphatic heterocycles. The maximum atomic E-state index is 11.5. The predicted molar refractivity (Wildman–Crippen MR) is 80.3 cm³/mol. The highest BCUT2D eigenvalue weighted by Gasteiger charge is 2.15. The van der Waals surface area contributed by atoms with Gasteiger partial charge in [0.25, 0.3) is 5.96 Å². The molecule has 6 nitrogen and oxygen atoms in total. The zero-order valence-electron chi connectivity index (χ0n) is 11.9. The van der Waals surface area contributed by atoms with Gasteiger partial charge in [-0.2, -0.15) is 0 Å². The van der Waals surface area contributed by atoms with E-state index in [0.717, 1.165) is 11.3 Å². The molecular weight excluding hydrogens is 280 g/mol. The fraction of sp³-hybridized carbons (Fsp3) is 0.385. The van der Waals surface area contributed by atoms with Crippen molar-refractivity contribution in [1.82, 2.24) is 5.32 Å². The van der Waals surface area contributed by atoms with Crippen molar-refractivity contribution in [3.05, 3.63) is 29.8 Å². The van der Waals surface area contributed by atoms with Gasteiger partial charge in [0.05, 0.1) is 0 Å². The zero-order valence-corrected chi connectivity index (χ0v) is 12.7. The molecule has 0 bridgehead atoms.